The Morgan fingerprint density at radius 1 is 1.04 bits per heavy atom. The van der Waals surface area contributed by atoms with Gasteiger partial charge >= 0.3 is 0 Å². The molecule has 1 aromatic heterocycles. The topological polar surface area (TPSA) is 51.2 Å². The summed E-state index contributed by atoms with van der Waals surface area (Å²) in [5.41, 5.74) is 3.05. The predicted octanol–water partition coefficient (Wildman–Crippen LogP) is 4.37. The van der Waals surface area contributed by atoms with Crippen molar-refractivity contribution in [2.75, 3.05) is 12.4 Å². The van der Waals surface area contributed by atoms with Crippen LogP contribution in [0, 0.1) is 6.92 Å². The first-order valence-corrected chi connectivity index (χ1v) is 7.65. The Bertz CT molecular complexity index is 861. The molecule has 1 N–H and O–H groups in total. The van der Waals surface area contributed by atoms with Crippen LogP contribution in [0.5, 0.6) is 5.75 Å². The second-order valence-electron chi connectivity index (χ2n) is 5.46. The summed E-state index contributed by atoms with van der Waals surface area (Å²) in [6, 6.07) is 18.5. The van der Waals surface area contributed by atoms with Crippen LogP contribution in [0.25, 0.3) is 0 Å². The lowest BCUT2D eigenvalue weighted by molar-refractivity contribution is 0.103. The highest BCUT2D eigenvalue weighted by molar-refractivity contribution is 6.12. The second-order valence-corrected chi connectivity index (χ2v) is 5.46. The minimum atomic E-state index is -0.0641. The molecule has 0 atom stereocenters. The number of aromatic nitrogens is 1. The van der Waals surface area contributed by atoms with E-state index in [1.807, 2.05) is 43.3 Å². The molecule has 0 aliphatic heterocycles. The maximum absolute atomic E-state index is 12.7. The molecule has 0 amide bonds. The summed E-state index contributed by atoms with van der Waals surface area (Å²) in [5, 5.41) is 3.23. The monoisotopic (exact) mass is 318 g/mol. The lowest BCUT2D eigenvalue weighted by atomic mass is 10.0. The Balaban J connectivity index is 1.95. The number of rotatable bonds is 5. The fraction of sp³-hybridized carbons (Fsp3) is 0.100. The molecule has 2 aromatic carbocycles. The van der Waals surface area contributed by atoms with Crippen molar-refractivity contribution in [2.45, 2.75) is 6.92 Å². The van der Waals surface area contributed by atoms with Gasteiger partial charge < -0.3 is 10.1 Å². The number of hydrogen-bond donors (Lipinski definition) is 1. The van der Waals surface area contributed by atoms with Crippen LogP contribution in [0.3, 0.4) is 0 Å². The third-order valence-electron chi connectivity index (χ3n) is 3.64. The smallest absolute Gasteiger partial charge is 0.196 e. The largest absolute Gasteiger partial charge is 0.497 e. The normalized spacial score (nSPS) is 10.2. The first kappa shape index (κ1) is 15.7. The SMILES string of the molecule is COc1cc(C)cc(Nc2ncccc2C(=O)c2ccccc2)c1. The first-order valence-electron chi connectivity index (χ1n) is 7.65. The fourth-order valence-electron chi connectivity index (χ4n) is 2.51. The summed E-state index contributed by atoms with van der Waals surface area (Å²) in [6.45, 7) is 1.99. The minimum Gasteiger partial charge on any atom is -0.497 e. The number of carbonyl (C=O) groups excluding carboxylic acids is 1. The molecule has 4 heteroatoms. The van der Waals surface area contributed by atoms with Gasteiger partial charge in [0.15, 0.2) is 5.78 Å². The number of methoxy groups -OCH3 is 1. The molecule has 0 aliphatic carbocycles. The number of anilines is 2. The van der Waals surface area contributed by atoms with Crippen LogP contribution in [-0.2, 0) is 0 Å². The number of ether oxygens (including phenoxy) is 1. The molecular formula is C20H18N2O2. The number of pyridine rings is 1. The standard InChI is InChI=1S/C20H18N2O2/c1-14-11-16(13-17(12-14)24-2)22-20-18(9-6-10-21-20)19(23)15-7-4-3-5-8-15/h3-13H,1-2H3,(H,21,22). The summed E-state index contributed by atoms with van der Waals surface area (Å²) in [7, 11) is 1.63. The molecule has 0 aliphatic rings. The molecule has 3 aromatic rings. The molecule has 120 valence electrons. The van der Waals surface area contributed by atoms with Gasteiger partial charge in [-0.1, -0.05) is 30.3 Å². The van der Waals surface area contributed by atoms with Crippen molar-refractivity contribution in [3.8, 4) is 5.75 Å². The molecule has 0 bridgehead atoms. The van der Waals surface area contributed by atoms with Gasteiger partial charge in [0.25, 0.3) is 0 Å². The van der Waals surface area contributed by atoms with E-state index in [1.165, 1.54) is 0 Å². The highest BCUT2D eigenvalue weighted by atomic mass is 16.5. The number of ketones is 1. The van der Waals surface area contributed by atoms with E-state index >= 15 is 0 Å². The molecule has 0 saturated carbocycles. The minimum absolute atomic E-state index is 0.0641. The average molecular weight is 318 g/mol. The number of carbonyl (C=O) groups is 1. The molecule has 3 rings (SSSR count). The number of aryl methyl sites for hydroxylation is 1. The van der Waals surface area contributed by atoms with Gasteiger partial charge in [-0.2, -0.15) is 0 Å². The summed E-state index contributed by atoms with van der Waals surface area (Å²) < 4.78 is 5.29. The van der Waals surface area contributed by atoms with Crippen molar-refractivity contribution in [1.29, 1.82) is 0 Å². The zero-order valence-corrected chi connectivity index (χ0v) is 13.6. The van der Waals surface area contributed by atoms with Crippen LogP contribution >= 0.6 is 0 Å². The van der Waals surface area contributed by atoms with Crippen LogP contribution < -0.4 is 10.1 Å². The highest BCUT2D eigenvalue weighted by Gasteiger charge is 2.14. The van der Waals surface area contributed by atoms with Crippen LogP contribution in [0.1, 0.15) is 21.5 Å². The number of benzene rings is 2. The third-order valence-corrected chi connectivity index (χ3v) is 3.64. The maximum Gasteiger partial charge on any atom is 0.196 e. The maximum atomic E-state index is 12.7. The first-order chi connectivity index (χ1) is 11.7. The molecule has 0 fully saturated rings. The Labute approximate surface area is 141 Å². The molecule has 0 radical (unpaired) electrons. The Morgan fingerprint density at radius 2 is 1.83 bits per heavy atom. The van der Waals surface area contributed by atoms with Gasteiger partial charge in [0.1, 0.15) is 11.6 Å². The van der Waals surface area contributed by atoms with Crippen LogP contribution in [0.4, 0.5) is 11.5 Å². The van der Waals surface area contributed by atoms with Gasteiger partial charge in [0.2, 0.25) is 0 Å². The highest BCUT2D eigenvalue weighted by Crippen LogP contribution is 2.25. The van der Waals surface area contributed by atoms with Crippen molar-refractivity contribution in [3.05, 3.63) is 83.6 Å². The molecule has 0 unspecified atom stereocenters. The van der Waals surface area contributed by atoms with Crippen LogP contribution in [0.2, 0.25) is 0 Å². The second kappa shape index (κ2) is 6.96. The van der Waals surface area contributed by atoms with E-state index in [0.717, 1.165) is 17.0 Å². The van der Waals surface area contributed by atoms with Gasteiger partial charge in [-0.25, -0.2) is 4.98 Å². The summed E-state index contributed by atoms with van der Waals surface area (Å²) in [5.74, 6) is 1.22. The van der Waals surface area contributed by atoms with Gasteiger partial charge in [0, 0.05) is 23.5 Å². The molecule has 24 heavy (non-hydrogen) atoms. The van der Waals surface area contributed by atoms with Crippen molar-refractivity contribution in [3.63, 3.8) is 0 Å². The van der Waals surface area contributed by atoms with Gasteiger partial charge in [0.05, 0.1) is 12.7 Å². The van der Waals surface area contributed by atoms with E-state index in [1.54, 1.807) is 37.6 Å². The van der Waals surface area contributed by atoms with E-state index in [9.17, 15) is 4.79 Å². The zero-order valence-electron chi connectivity index (χ0n) is 13.6. The number of nitrogens with zero attached hydrogens (tertiary/aromatic N) is 1. The molecule has 1 heterocycles. The quantitative estimate of drug-likeness (QED) is 0.710. The van der Waals surface area contributed by atoms with E-state index in [2.05, 4.69) is 10.3 Å². The molecular weight excluding hydrogens is 300 g/mol. The van der Waals surface area contributed by atoms with Gasteiger partial charge in [-0.05, 0) is 36.8 Å². The lowest BCUT2D eigenvalue weighted by Crippen LogP contribution is -2.07. The summed E-state index contributed by atoms with van der Waals surface area (Å²) in [4.78, 5) is 17.1. The summed E-state index contributed by atoms with van der Waals surface area (Å²) in [6.07, 6.45) is 1.66. The number of nitrogens with one attached hydrogen (secondary N) is 1. The molecule has 0 saturated heterocycles. The third kappa shape index (κ3) is 3.43. The van der Waals surface area contributed by atoms with Crippen LogP contribution in [0.15, 0.2) is 66.9 Å². The predicted molar refractivity (Wildman–Crippen MR) is 95.1 cm³/mol. The van der Waals surface area contributed by atoms with Crippen molar-refractivity contribution < 1.29 is 9.53 Å². The fourth-order valence-corrected chi connectivity index (χ4v) is 2.51. The van der Waals surface area contributed by atoms with E-state index in [-0.39, 0.29) is 5.78 Å². The van der Waals surface area contributed by atoms with E-state index < -0.39 is 0 Å². The zero-order chi connectivity index (χ0) is 16.9. The van der Waals surface area contributed by atoms with Crippen molar-refractivity contribution in [2.24, 2.45) is 0 Å². The Kier molecular flexibility index (Phi) is 4.57. The van der Waals surface area contributed by atoms with Gasteiger partial charge in [-0.3, -0.25) is 4.79 Å². The van der Waals surface area contributed by atoms with Crippen molar-refractivity contribution in [1.82, 2.24) is 4.98 Å². The Morgan fingerprint density at radius 3 is 2.58 bits per heavy atom. The molecule has 4 nitrogen and oxygen atoms in total. The van der Waals surface area contributed by atoms with E-state index in [4.69, 9.17) is 4.74 Å². The van der Waals surface area contributed by atoms with Crippen molar-refractivity contribution >= 4 is 17.3 Å². The molecule has 0 spiro atoms. The summed E-state index contributed by atoms with van der Waals surface area (Å²) >= 11 is 0. The van der Waals surface area contributed by atoms with Crippen LogP contribution in [-0.4, -0.2) is 17.9 Å². The van der Waals surface area contributed by atoms with Gasteiger partial charge in [-0.15, -0.1) is 0 Å². The average Bonchev–Trinajstić information content (AvgIpc) is 2.62. The van der Waals surface area contributed by atoms with E-state index in [0.29, 0.717) is 16.9 Å². The number of hydrogen-bond acceptors (Lipinski definition) is 4. The lowest BCUT2D eigenvalue weighted by Gasteiger charge is -2.12. The Hall–Kier alpha value is -3.14.